The zero-order valence-electron chi connectivity index (χ0n) is 18.9. The van der Waals surface area contributed by atoms with Crippen LogP contribution in [0.3, 0.4) is 0 Å². The number of halogens is 1. The predicted molar refractivity (Wildman–Crippen MR) is 119 cm³/mol. The lowest BCUT2D eigenvalue weighted by molar-refractivity contribution is -0.127. The van der Waals surface area contributed by atoms with Gasteiger partial charge in [0, 0.05) is 19.0 Å². The molecule has 1 saturated heterocycles. The van der Waals surface area contributed by atoms with Gasteiger partial charge in [0.15, 0.2) is 0 Å². The smallest absolute Gasteiger partial charge is 0.230 e. The summed E-state index contributed by atoms with van der Waals surface area (Å²) < 4.78 is 14.8. The summed E-state index contributed by atoms with van der Waals surface area (Å²) in [7, 11) is 0. The van der Waals surface area contributed by atoms with E-state index in [1.165, 1.54) is 0 Å². The number of carbonyl (C=O) groups is 1. The number of likely N-dealkylation sites (tertiary alicyclic amines) is 1. The van der Waals surface area contributed by atoms with E-state index in [9.17, 15) is 14.3 Å². The number of aliphatic hydroxyl groups excluding tert-OH is 1. The maximum absolute atomic E-state index is 14.8. The van der Waals surface area contributed by atoms with Crippen molar-refractivity contribution in [1.29, 1.82) is 0 Å². The Morgan fingerprint density at radius 2 is 1.90 bits per heavy atom. The van der Waals surface area contributed by atoms with E-state index in [1.54, 1.807) is 0 Å². The zero-order valence-corrected chi connectivity index (χ0v) is 18.9. The molecule has 0 spiro atoms. The van der Waals surface area contributed by atoms with E-state index >= 15 is 0 Å². The van der Waals surface area contributed by atoms with Gasteiger partial charge in [0.25, 0.3) is 0 Å². The molecule has 1 amide bonds. The zero-order chi connectivity index (χ0) is 21.8. The predicted octanol–water partition coefficient (Wildman–Crippen LogP) is 4.20. The van der Waals surface area contributed by atoms with E-state index in [-0.39, 0.29) is 23.8 Å². The van der Waals surface area contributed by atoms with Crippen LogP contribution in [-0.4, -0.2) is 48.3 Å². The van der Waals surface area contributed by atoms with E-state index < -0.39 is 11.6 Å². The highest BCUT2D eigenvalue weighted by molar-refractivity contribution is 5.88. The number of nitrogens with zero attached hydrogens (tertiary/aromatic N) is 1. The van der Waals surface area contributed by atoms with Crippen LogP contribution >= 0.6 is 0 Å². The summed E-state index contributed by atoms with van der Waals surface area (Å²) in [6.45, 7) is 9.41. The molecule has 2 aliphatic rings. The van der Waals surface area contributed by atoms with Crippen molar-refractivity contribution in [3.8, 4) is 0 Å². The fraction of sp³-hybridized carbons (Fsp3) is 0.720. The standard InChI is InChI=1S/C25H39FN2O2/c1-24(2,3)13-15-28-14-10-20(22(26)17-28)16-27-23(30)25(11-4-5-12-25)21-8-6-19(18-29)7-9-21/h6-9,20,22,29H,4-5,10-18H2,1-3H3,(H,27,30)/t20-,22-/m0/s1. The van der Waals surface area contributed by atoms with Crippen molar-refractivity contribution >= 4 is 5.91 Å². The average Bonchev–Trinajstić information content (AvgIpc) is 3.22. The van der Waals surface area contributed by atoms with Crippen molar-refractivity contribution < 1.29 is 14.3 Å². The number of alkyl halides is 1. The number of benzene rings is 1. The number of amides is 1. The molecule has 1 heterocycles. The van der Waals surface area contributed by atoms with Gasteiger partial charge in [-0.25, -0.2) is 4.39 Å². The fourth-order valence-corrected chi connectivity index (χ4v) is 4.89. The van der Waals surface area contributed by atoms with Crippen LogP contribution in [0.2, 0.25) is 0 Å². The number of aliphatic hydroxyl groups is 1. The van der Waals surface area contributed by atoms with E-state index in [2.05, 4.69) is 31.0 Å². The molecular formula is C25H39FN2O2. The Kier molecular flexibility index (Phi) is 7.56. The molecule has 1 aliphatic carbocycles. The molecule has 3 rings (SSSR count). The first-order valence-corrected chi connectivity index (χ1v) is 11.6. The first-order valence-electron chi connectivity index (χ1n) is 11.6. The monoisotopic (exact) mass is 418 g/mol. The van der Waals surface area contributed by atoms with Crippen LogP contribution < -0.4 is 5.32 Å². The summed E-state index contributed by atoms with van der Waals surface area (Å²) in [6, 6.07) is 7.74. The fourth-order valence-electron chi connectivity index (χ4n) is 4.89. The van der Waals surface area contributed by atoms with Crippen LogP contribution in [0.5, 0.6) is 0 Å². The number of nitrogens with one attached hydrogen (secondary N) is 1. The molecule has 1 aliphatic heterocycles. The van der Waals surface area contributed by atoms with Crippen molar-refractivity contribution in [3.05, 3.63) is 35.4 Å². The summed E-state index contributed by atoms with van der Waals surface area (Å²) in [5.74, 6) is -0.0610. The molecule has 5 heteroatoms. The van der Waals surface area contributed by atoms with Crippen LogP contribution in [0, 0.1) is 11.3 Å². The molecule has 0 unspecified atom stereocenters. The molecule has 0 bridgehead atoms. The number of carbonyl (C=O) groups excluding carboxylic acids is 1. The Hall–Kier alpha value is -1.46. The van der Waals surface area contributed by atoms with Gasteiger partial charge in [-0.2, -0.15) is 0 Å². The third-order valence-corrected chi connectivity index (χ3v) is 7.04. The van der Waals surface area contributed by atoms with Crippen molar-refractivity contribution in [2.75, 3.05) is 26.2 Å². The minimum atomic E-state index is -0.887. The Morgan fingerprint density at radius 1 is 1.23 bits per heavy atom. The Bertz CT molecular complexity index is 692. The van der Waals surface area contributed by atoms with Crippen molar-refractivity contribution in [2.45, 2.75) is 77.5 Å². The van der Waals surface area contributed by atoms with Crippen LogP contribution in [0.15, 0.2) is 24.3 Å². The van der Waals surface area contributed by atoms with Crippen LogP contribution in [-0.2, 0) is 16.8 Å². The first-order chi connectivity index (χ1) is 14.2. The lowest BCUT2D eigenvalue weighted by atomic mass is 9.77. The normalized spacial score (nSPS) is 24.7. The molecule has 2 N–H and O–H groups in total. The van der Waals surface area contributed by atoms with Gasteiger partial charge in [0.05, 0.1) is 12.0 Å². The molecule has 1 aromatic carbocycles. The van der Waals surface area contributed by atoms with E-state index in [0.717, 1.165) is 62.7 Å². The molecule has 1 aromatic rings. The lowest BCUT2D eigenvalue weighted by Gasteiger charge is -2.37. The second-order valence-corrected chi connectivity index (χ2v) is 10.5. The van der Waals surface area contributed by atoms with Crippen LogP contribution in [0.4, 0.5) is 4.39 Å². The first kappa shape index (κ1) is 23.2. The molecule has 1 saturated carbocycles. The third kappa shape index (κ3) is 5.61. The number of rotatable bonds is 7. The number of hydrogen-bond acceptors (Lipinski definition) is 3. The van der Waals surface area contributed by atoms with Gasteiger partial charge in [-0.15, -0.1) is 0 Å². The van der Waals surface area contributed by atoms with Crippen LogP contribution in [0.1, 0.15) is 70.4 Å². The minimum absolute atomic E-state index is 0.00577. The summed E-state index contributed by atoms with van der Waals surface area (Å²) in [5.41, 5.74) is 1.63. The topological polar surface area (TPSA) is 52.6 Å². The summed E-state index contributed by atoms with van der Waals surface area (Å²) >= 11 is 0. The Balaban J connectivity index is 1.56. The summed E-state index contributed by atoms with van der Waals surface area (Å²) in [6.07, 6.45) is 4.72. The molecular weight excluding hydrogens is 379 g/mol. The third-order valence-electron chi connectivity index (χ3n) is 7.04. The molecule has 2 atom stereocenters. The van der Waals surface area contributed by atoms with E-state index in [4.69, 9.17) is 0 Å². The molecule has 0 aromatic heterocycles. The molecule has 168 valence electrons. The molecule has 2 fully saturated rings. The SMILES string of the molecule is CC(C)(C)CCN1CC[C@@H](CNC(=O)C2(c3ccc(CO)cc3)CCCC2)[C@@H](F)C1. The maximum atomic E-state index is 14.8. The van der Waals surface area contributed by atoms with Crippen molar-refractivity contribution in [2.24, 2.45) is 11.3 Å². The quantitative estimate of drug-likeness (QED) is 0.698. The average molecular weight is 419 g/mol. The van der Waals surface area contributed by atoms with Crippen molar-refractivity contribution in [3.63, 3.8) is 0 Å². The van der Waals surface area contributed by atoms with Gasteiger partial charge in [-0.05, 0) is 55.3 Å². The second-order valence-electron chi connectivity index (χ2n) is 10.5. The van der Waals surface area contributed by atoms with E-state index in [1.807, 2.05) is 24.3 Å². The highest BCUT2D eigenvalue weighted by Gasteiger charge is 2.43. The van der Waals surface area contributed by atoms with Gasteiger partial charge >= 0.3 is 0 Å². The largest absolute Gasteiger partial charge is 0.392 e. The van der Waals surface area contributed by atoms with Gasteiger partial charge in [0.1, 0.15) is 6.17 Å². The number of piperidine rings is 1. The van der Waals surface area contributed by atoms with E-state index in [0.29, 0.717) is 13.1 Å². The Morgan fingerprint density at radius 3 is 2.47 bits per heavy atom. The summed E-state index contributed by atoms with van der Waals surface area (Å²) in [5, 5.41) is 12.4. The van der Waals surface area contributed by atoms with Crippen molar-refractivity contribution in [1.82, 2.24) is 10.2 Å². The molecule has 4 nitrogen and oxygen atoms in total. The number of hydrogen-bond donors (Lipinski definition) is 2. The molecule has 30 heavy (non-hydrogen) atoms. The second kappa shape index (κ2) is 9.78. The highest BCUT2D eigenvalue weighted by atomic mass is 19.1. The molecule has 0 radical (unpaired) electrons. The highest BCUT2D eigenvalue weighted by Crippen LogP contribution is 2.41. The van der Waals surface area contributed by atoms with Gasteiger partial charge in [0.2, 0.25) is 5.91 Å². The van der Waals surface area contributed by atoms with Gasteiger partial charge in [-0.3, -0.25) is 4.79 Å². The summed E-state index contributed by atoms with van der Waals surface area (Å²) in [4.78, 5) is 15.5. The lowest BCUT2D eigenvalue weighted by Crippen LogP contribution is -2.49. The van der Waals surface area contributed by atoms with Gasteiger partial charge in [-0.1, -0.05) is 57.9 Å². The Labute approximate surface area is 181 Å². The van der Waals surface area contributed by atoms with Gasteiger partial charge < -0.3 is 15.3 Å². The minimum Gasteiger partial charge on any atom is -0.392 e. The van der Waals surface area contributed by atoms with Crippen LogP contribution in [0.25, 0.3) is 0 Å². The maximum Gasteiger partial charge on any atom is 0.230 e.